The fraction of sp³-hybridized carbons (Fsp3) is 0.0556. The van der Waals surface area contributed by atoms with Crippen LogP contribution in [-0.2, 0) is 6.54 Å². The van der Waals surface area contributed by atoms with E-state index in [1.165, 1.54) is 11.3 Å². The molecular formula is C18H12BrN3OS. The Kier molecular flexibility index (Phi) is 4.00. The fourth-order valence-electron chi connectivity index (χ4n) is 2.55. The number of hydrogen-bond donors (Lipinski definition) is 0. The van der Waals surface area contributed by atoms with E-state index in [1.54, 1.807) is 17.1 Å². The van der Waals surface area contributed by atoms with Gasteiger partial charge in [-0.05, 0) is 29.8 Å². The summed E-state index contributed by atoms with van der Waals surface area (Å²) in [5.74, 6) is 0. The highest BCUT2D eigenvalue weighted by Gasteiger charge is 2.12. The summed E-state index contributed by atoms with van der Waals surface area (Å²) in [6, 6.07) is 13.7. The van der Waals surface area contributed by atoms with Gasteiger partial charge in [0.15, 0.2) is 0 Å². The van der Waals surface area contributed by atoms with Crippen molar-refractivity contribution in [1.29, 1.82) is 0 Å². The first-order valence-electron chi connectivity index (χ1n) is 7.35. The molecule has 0 saturated carbocycles. The molecule has 1 aromatic carbocycles. The first-order chi connectivity index (χ1) is 11.7. The van der Waals surface area contributed by atoms with Crippen LogP contribution in [0.25, 0.3) is 21.3 Å². The molecule has 0 radical (unpaired) electrons. The topological polar surface area (TPSA) is 47.8 Å². The standard InChI is InChI=1S/C18H12BrN3OS/c19-13-6-4-12(5-7-13)15-10-24-17-16(15)21-11-22(18(17)23)9-14-3-1-2-8-20-14/h1-8,10-11H,9H2. The lowest BCUT2D eigenvalue weighted by molar-refractivity contribution is 0.731. The van der Waals surface area contributed by atoms with Gasteiger partial charge in [-0.2, -0.15) is 0 Å². The molecule has 0 spiro atoms. The third kappa shape index (κ3) is 2.79. The lowest BCUT2D eigenvalue weighted by Crippen LogP contribution is -2.20. The number of benzene rings is 1. The molecule has 118 valence electrons. The molecular weight excluding hydrogens is 386 g/mol. The van der Waals surface area contributed by atoms with E-state index >= 15 is 0 Å². The Bertz CT molecular complexity index is 1060. The Morgan fingerprint density at radius 2 is 1.92 bits per heavy atom. The van der Waals surface area contributed by atoms with Crippen molar-refractivity contribution >= 4 is 37.5 Å². The number of pyridine rings is 1. The molecule has 0 N–H and O–H groups in total. The second-order valence-corrected chi connectivity index (χ2v) is 7.13. The average Bonchev–Trinajstić information content (AvgIpc) is 3.04. The molecule has 24 heavy (non-hydrogen) atoms. The van der Waals surface area contributed by atoms with E-state index in [1.807, 2.05) is 47.8 Å². The average molecular weight is 398 g/mol. The zero-order valence-electron chi connectivity index (χ0n) is 12.5. The van der Waals surface area contributed by atoms with Gasteiger partial charge in [-0.25, -0.2) is 4.98 Å². The molecule has 0 aliphatic rings. The summed E-state index contributed by atoms with van der Waals surface area (Å²) in [4.78, 5) is 21.5. The number of fused-ring (bicyclic) bond motifs is 1. The molecule has 6 heteroatoms. The summed E-state index contributed by atoms with van der Waals surface area (Å²) in [6.07, 6.45) is 3.33. The van der Waals surface area contributed by atoms with Gasteiger partial charge >= 0.3 is 0 Å². The van der Waals surface area contributed by atoms with Crippen molar-refractivity contribution < 1.29 is 0 Å². The molecule has 0 saturated heterocycles. The second kappa shape index (κ2) is 6.30. The molecule has 0 amide bonds. The summed E-state index contributed by atoms with van der Waals surface area (Å²) in [6.45, 7) is 0.425. The van der Waals surface area contributed by atoms with E-state index in [0.717, 1.165) is 26.8 Å². The highest BCUT2D eigenvalue weighted by molar-refractivity contribution is 9.10. The van der Waals surface area contributed by atoms with E-state index in [9.17, 15) is 4.79 Å². The lowest BCUT2D eigenvalue weighted by atomic mass is 10.1. The minimum absolute atomic E-state index is 0.0287. The minimum Gasteiger partial charge on any atom is -0.292 e. The predicted octanol–water partition coefficient (Wildman–Crippen LogP) is 4.33. The Hall–Kier alpha value is -2.31. The first kappa shape index (κ1) is 15.2. The molecule has 0 bridgehead atoms. The summed E-state index contributed by atoms with van der Waals surface area (Å²) >= 11 is 4.88. The predicted molar refractivity (Wildman–Crippen MR) is 100 cm³/mol. The van der Waals surface area contributed by atoms with Gasteiger partial charge in [0.1, 0.15) is 4.70 Å². The molecule has 0 atom stereocenters. The molecule has 4 rings (SSSR count). The van der Waals surface area contributed by atoms with Crippen LogP contribution >= 0.6 is 27.3 Å². The molecule has 4 aromatic rings. The minimum atomic E-state index is -0.0287. The quantitative estimate of drug-likeness (QED) is 0.516. The molecule has 3 aromatic heterocycles. The van der Waals surface area contributed by atoms with Crippen LogP contribution < -0.4 is 5.56 Å². The highest BCUT2D eigenvalue weighted by atomic mass is 79.9. The van der Waals surface area contributed by atoms with Crippen LogP contribution in [0, 0.1) is 0 Å². The maximum Gasteiger partial charge on any atom is 0.271 e. The van der Waals surface area contributed by atoms with E-state index in [-0.39, 0.29) is 5.56 Å². The van der Waals surface area contributed by atoms with Crippen LogP contribution in [-0.4, -0.2) is 14.5 Å². The van der Waals surface area contributed by atoms with Crippen LogP contribution in [0.1, 0.15) is 5.69 Å². The molecule has 0 unspecified atom stereocenters. The summed E-state index contributed by atoms with van der Waals surface area (Å²) in [5.41, 5.74) is 3.61. The zero-order valence-corrected chi connectivity index (χ0v) is 14.9. The number of thiophene rings is 1. The van der Waals surface area contributed by atoms with E-state index in [2.05, 4.69) is 25.9 Å². The molecule has 4 nitrogen and oxygen atoms in total. The number of hydrogen-bond acceptors (Lipinski definition) is 4. The van der Waals surface area contributed by atoms with Gasteiger partial charge in [0.05, 0.1) is 24.1 Å². The smallest absolute Gasteiger partial charge is 0.271 e. The van der Waals surface area contributed by atoms with Crippen molar-refractivity contribution in [3.05, 3.63) is 80.9 Å². The second-order valence-electron chi connectivity index (χ2n) is 5.33. The maximum atomic E-state index is 12.7. The van der Waals surface area contributed by atoms with Crippen molar-refractivity contribution in [3.63, 3.8) is 0 Å². The van der Waals surface area contributed by atoms with Crippen LogP contribution in [0.5, 0.6) is 0 Å². The van der Waals surface area contributed by atoms with Crippen molar-refractivity contribution in [1.82, 2.24) is 14.5 Å². The number of aromatic nitrogens is 3. The summed E-state index contributed by atoms with van der Waals surface area (Å²) < 4.78 is 3.30. The third-order valence-electron chi connectivity index (χ3n) is 3.76. The van der Waals surface area contributed by atoms with Gasteiger partial charge in [-0.1, -0.05) is 34.1 Å². The van der Waals surface area contributed by atoms with Crippen molar-refractivity contribution in [2.75, 3.05) is 0 Å². The SMILES string of the molecule is O=c1c2scc(-c3ccc(Br)cc3)c2ncn1Cc1ccccn1. The van der Waals surface area contributed by atoms with Gasteiger partial charge in [-0.15, -0.1) is 11.3 Å². The van der Waals surface area contributed by atoms with E-state index in [0.29, 0.717) is 11.2 Å². The highest BCUT2D eigenvalue weighted by Crippen LogP contribution is 2.31. The molecule has 0 fully saturated rings. The number of rotatable bonds is 3. The van der Waals surface area contributed by atoms with Gasteiger partial charge in [-0.3, -0.25) is 14.3 Å². The number of nitrogens with zero attached hydrogens (tertiary/aromatic N) is 3. The van der Waals surface area contributed by atoms with E-state index < -0.39 is 0 Å². The maximum absolute atomic E-state index is 12.7. The third-order valence-corrected chi connectivity index (χ3v) is 5.25. The Morgan fingerprint density at radius 3 is 2.67 bits per heavy atom. The largest absolute Gasteiger partial charge is 0.292 e. The molecule has 3 heterocycles. The Balaban J connectivity index is 1.78. The van der Waals surface area contributed by atoms with Gasteiger partial charge in [0, 0.05) is 21.6 Å². The van der Waals surface area contributed by atoms with Gasteiger partial charge < -0.3 is 0 Å². The van der Waals surface area contributed by atoms with Crippen molar-refractivity contribution in [2.24, 2.45) is 0 Å². The van der Waals surface area contributed by atoms with Crippen LogP contribution in [0.2, 0.25) is 0 Å². The van der Waals surface area contributed by atoms with Crippen molar-refractivity contribution in [2.45, 2.75) is 6.54 Å². The Labute approximate surface area is 150 Å². The van der Waals surface area contributed by atoms with E-state index in [4.69, 9.17) is 0 Å². The van der Waals surface area contributed by atoms with Crippen molar-refractivity contribution in [3.8, 4) is 11.1 Å². The lowest BCUT2D eigenvalue weighted by Gasteiger charge is -2.05. The zero-order chi connectivity index (χ0) is 16.5. The summed E-state index contributed by atoms with van der Waals surface area (Å²) in [7, 11) is 0. The van der Waals surface area contributed by atoms with Crippen LogP contribution in [0.3, 0.4) is 0 Å². The molecule has 0 aliphatic carbocycles. The molecule has 0 aliphatic heterocycles. The van der Waals surface area contributed by atoms with Crippen LogP contribution in [0.4, 0.5) is 0 Å². The normalized spacial score (nSPS) is 11.0. The first-order valence-corrected chi connectivity index (χ1v) is 9.02. The summed E-state index contributed by atoms with van der Waals surface area (Å²) in [5, 5.41) is 1.99. The Morgan fingerprint density at radius 1 is 1.08 bits per heavy atom. The van der Waals surface area contributed by atoms with Gasteiger partial charge in [0.25, 0.3) is 5.56 Å². The monoisotopic (exact) mass is 397 g/mol. The fourth-order valence-corrected chi connectivity index (χ4v) is 3.80. The van der Waals surface area contributed by atoms with Gasteiger partial charge in [0.2, 0.25) is 0 Å². The van der Waals surface area contributed by atoms with Crippen LogP contribution in [0.15, 0.2) is 69.6 Å². The number of halogens is 1.